The number of rotatable bonds is 6. The lowest BCUT2D eigenvalue weighted by atomic mass is 10.1. The summed E-state index contributed by atoms with van der Waals surface area (Å²) in [6.45, 7) is 6.82. The van der Waals surface area contributed by atoms with E-state index in [1.54, 1.807) is 10.9 Å². The normalized spacial score (nSPS) is 23.1. The van der Waals surface area contributed by atoms with E-state index in [0.717, 1.165) is 6.42 Å². The number of H-pyrrole nitrogens is 1. The van der Waals surface area contributed by atoms with Crippen molar-refractivity contribution < 1.29 is 4.74 Å². The third-order valence-electron chi connectivity index (χ3n) is 4.23. The van der Waals surface area contributed by atoms with Gasteiger partial charge in [-0.15, -0.1) is 0 Å². The molecular weight excluding hydrogens is 324 g/mol. The first-order valence-corrected chi connectivity index (χ1v) is 8.43. The van der Waals surface area contributed by atoms with Crippen LogP contribution in [0, 0.1) is 5.92 Å². The zero-order chi connectivity index (χ0) is 18.0. The first-order valence-electron chi connectivity index (χ1n) is 8.43. The molecule has 0 amide bonds. The number of aromatic amines is 1. The molecule has 0 radical (unpaired) electrons. The molecule has 3 atom stereocenters. The number of imidazole rings is 1. The van der Waals surface area contributed by atoms with Crippen molar-refractivity contribution in [1.82, 2.24) is 19.5 Å². The van der Waals surface area contributed by atoms with E-state index in [0.29, 0.717) is 30.5 Å². The summed E-state index contributed by atoms with van der Waals surface area (Å²) in [4.78, 5) is 26.5. The van der Waals surface area contributed by atoms with Crippen LogP contribution in [0.15, 0.2) is 16.2 Å². The minimum Gasteiger partial charge on any atom is -0.355 e. The maximum absolute atomic E-state index is 12.2. The van der Waals surface area contributed by atoms with Crippen molar-refractivity contribution in [2.45, 2.75) is 52.0 Å². The van der Waals surface area contributed by atoms with Crippen molar-refractivity contribution in [2.24, 2.45) is 11.0 Å². The van der Waals surface area contributed by atoms with E-state index < -0.39 is 0 Å². The molecule has 25 heavy (non-hydrogen) atoms. The van der Waals surface area contributed by atoms with Crippen LogP contribution in [0.25, 0.3) is 21.6 Å². The predicted molar refractivity (Wildman–Crippen MR) is 93.2 cm³/mol. The van der Waals surface area contributed by atoms with E-state index in [-0.39, 0.29) is 29.4 Å². The summed E-state index contributed by atoms with van der Waals surface area (Å²) >= 11 is 0. The van der Waals surface area contributed by atoms with Gasteiger partial charge in [0.2, 0.25) is 5.95 Å². The summed E-state index contributed by atoms with van der Waals surface area (Å²) in [5.41, 5.74) is 9.14. The van der Waals surface area contributed by atoms with Gasteiger partial charge in [0.1, 0.15) is 6.23 Å². The van der Waals surface area contributed by atoms with Gasteiger partial charge in [-0.05, 0) is 17.9 Å². The first-order chi connectivity index (χ1) is 12.0. The molecule has 134 valence electrons. The molecule has 1 saturated heterocycles. The highest BCUT2D eigenvalue weighted by molar-refractivity contribution is 5.70. The lowest BCUT2D eigenvalue weighted by Crippen LogP contribution is -2.18. The molecule has 1 aliphatic heterocycles. The topological polar surface area (TPSA) is 134 Å². The molecule has 2 N–H and O–H groups in total. The summed E-state index contributed by atoms with van der Waals surface area (Å²) in [6, 6.07) is -0.238. The Morgan fingerprint density at radius 3 is 3.08 bits per heavy atom. The van der Waals surface area contributed by atoms with E-state index >= 15 is 0 Å². The van der Waals surface area contributed by atoms with Crippen LogP contribution in [0.5, 0.6) is 0 Å². The lowest BCUT2D eigenvalue weighted by molar-refractivity contribution is 0.000703. The van der Waals surface area contributed by atoms with Crippen molar-refractivity contribution in [2.75, 3.05) is 11.9 Å². The summed E-state index contributed by atoms with van der Waals surface area (Å²) in [5, 5.41) is 6.94. The Morgan fingerprint density at radius 1 is 1.60 bits per heavy atom. The Labute approximate surface area is 144 Å². The predicted octanol–water partition coefficient (Wildman–Crippen LogP) is 2.56. The van der Waals surface area contributed by atoms with Gasteiger partial charge in [-0.25, -0.2) is 4.98 Å². The second-order valence-electron chi connectivity index (χ2n) is 6.56. The SMILES string of the molecule is CC[C@H]1O[C@@H](n2cnc3c(=O)[nH]c(NCC(C)C)nc32)C[C@H]1N=[N+]=[N-]. The van der Waals surface area contributed by atoms with Crippen LogP contribution in [0.3, 0.4) is 0 Å². The molecule has 0 saturated carbocycles. The van der Waals surface area contributed by atoms with Gasteiger partial charge in [-0.3, -0.25) is 14.3 Å². The Hall–Kier alpha value is -2.58. The average molecular weight is 346 g/mol. The van der Waals surface area contributed by atoms with Crippen LogP contribution >= 0.6 is 0 Å². The smallest absolute Gasteiger partial charge is 0.280 e. The van der Waals surface area contributed by atoms with Crippen LogP contribution in [-0.4, -0.2) is 38.2 Å². The standard InChI is InChI=1S/C15H22N8O2/c1-4-10-9(21-22-16)5-11(25-10)23-7-18-12-13(23)19-15(20-14(12)24)17-6-8(2)3/h7-11H,4-6H2,1-3H3,(H2,17,19,20,24)/t9-,10-,11-/m1/s1. The van der Waals surface area contributed by atoms with Crippen molar-refractivity contribution in [3.05, 3.63) is 27.1 Å². The minimum atomic E-state index is -0.363. The van der Waals surface area contributed by atoms with Crippen LogP contribution in [0.4, 0.5) is 5.95 Å². The number of hydrogen-bond donors (Lipinski definition) is 2. The molecule has 10 nitrogen and oxygen atoms in total. The van der Waals surface area contributed by atoms with E-state index in [9.17, 15) is 4.79 Å². The summed E-state index contributed by atoms with van der Waals surface area (Å²) in [5.74, 6) is 0.823. The molecule has 1 fully saturated rings. The molecule has 10 heteroatoms. The van der Waals surface area contributed by atoms with Gasteiger partial charge in [0.15, 0.2) is 11.2 Å². The molecule has 3 rings (SSSR count). The molecule has 2 aromatic heterocycles. The van der Waals surface area contributed by atoms with Gasteiger partial charge < -0.3 is 10.1 Å². The van der Waals surface area contributed by atoms with Crippen molar-refractivity contribution >= 4 is 17.1 Å². The van der Waals surface area contributed by atoms with Gasteiger partial charge in [0.05, 0.1) is 18.5 Å². The van der Waals surface area contributed by atoms with Gasteiger partial charge in [-0.1, -0.05) is 25.9 Å². The van der Waals surface area contributed by atoms with E-state index in [1.807, 2.05) is 6.92 Å². The van der Waals surface area contributed by atoms with Gasteiger partial charge >= 0.3 is 0 Å². The molecule has 0 bridgehead atoms. The number of nitrogens with one attached hydrogen (secondary N) is 2. The number of azide groups is 1. The van der Waals surface area contributed by atoms with Gasteiger partial charge in [0.25, 0.3) is 5.56 Å². The number of ether oxygens (including phenoxy) is 1. The van der Waals surface area contributed by atoms with Crippen LogP contribution in [0.2, 0.25) is 0 Å². The molecule has 0 aromatic carbocycles. The Kier molecular flexibility index (Phi) is 4.91. The third-order valence-corrected chi connectivity index (χ3v) is 4.23. The summed E-state index contributed by atoms with van der Waals surface area (Å²) in [7, 11) is 0. The number of hydrogen-bond acceptors (Lipinski definition) is 6. The lowest BCUT2D eigenvalue weighted by Gasteiger charge is -2.14. The summed E-state index contributed by atoms with van der Waals surface area (Å²) in [6.07, 6.45) is 2.30. The molecule has 0 unspecified atom stereocenters. The van der Waals surface area contributed by atoms with Crippen molar-refractivity contribution in [3.8, 4) is 0 Å². The highest BCUT2D eigenvalue weighted by Crippen LogP contribution is 2.33. The highest BCUT2D eigenvalue weighted by Gasteiger charge is 2.35. The quantitative estimate of drug-likeness (QED) is 0.471. The molecule has 0 spiro atoms. The zero-order valence-corrected chi connectivity index (χ0v) is 14.5. The monoisotopic (exact) mass is 346 g/mol. The second-order valence-corrected chi connectivity index (χ2v) is 6.56. The third kappa shape index (κ3) is 3.45. The largest absolute Gasteiger partial charge is 0.355 e. The van der Waals surface area contributed by atoms with E-state index in [1.165, 1.54) is 0 Å². The van der Waals surface area contributed by atoms with E-state index in [4.69, 9.17) is 10.3 Å². The number of nitrogens with zero attached hydrogens (tertiary/aromatic N) is 6. The fourth-order valence-corrected chi connectivity index (χ4v) is 2.96. The molecule has 3 heterocycles. The Morgan fingerprint density at radius 2 is 2.40 bits per heavy atom. The molecule has 0 aliphatic carbocycles. The Balaban J connectivity index is 1.94. The van der Waals surface area contributed by atoms with Crippen molar-refractivity contribution in [3.63, 3.8) is 0 Å². The molecule has 1 aliphatic rings. The average Bonchev–Trinajstić information content (AvgIpc) is 3.17. The summed E-state index contributed by atoms with van der Waals surface area (Å²) < 4.78 is 7.73. The maximum Gasteiger partial charge on any atom is 0.280 e. The van der Waals surface area contributed by atoms with Crippen LogP contribution in [-0.2, 0) is 4.74 Å². The Bertz CT molecular complexity index is 851. The first kappa shape index (κ1) is 17.2. The van der Waals surface area contributed by atoms with Crippen LogP contribution in [0.1, 0.15) is 39.8 Å². The number of fused-ring (bicyclic) bond motifs is 1. The number of anilines is 1. The van der Waals surface area contributed by atoms with Gasteiger partial charge in [0, 0.05) is 17.9 Å². The van der Waals surface area contributed by atoms with E-state index in [2.05, 4.69) is 44.1 Å². The fraction of sp³-hybridized carbons (Fsp3) is 0.667. The van der Waals surface area contributed by atoms with Crippen molar-refractivity contribution in [1.29, 1.82) is 0 Å². The maximum atomic E-state index is 12.2. The fourth-order valence-electron chi connectivity index (χ4n) is 2.96. The zero-order valence-electron chi connectivity index (χ0n) is 14.5. The van der Waals surface area contributed by atoms with Crippen LogP contribution < -0.4 is 10.9 Å². The minimum absolute atomic E-state index is 0.154. The molecule has 2 aromatic rings. The highest BCUT2D eigenvalue weighted by atomic mass is 16.5. The second kappa shape index (κ2) is 7.12. The molecular formula is C15H22N8O2. The number of aromatic nitrogens is 4. The van der Waals surface area contributed by atoms with Gasteiger partial charge in [-0.2, -0.15) is 4.98 Å².